The van der Waals surface area contributed by atoms with E-state index in [9.17, 15) is 0 Å². The lowest BCUT2D eigenvalue weighted by Gasteiger charge is -2.13. The maximum absolute atomic E-state index is 5.38. The zero-order chi connectivity index (χ0) is 17.9. The van der Waals surface area contributed by atoms with Crippen molar-refractivity contribution in [3.63, 3.8) is 0 Å². The molecule has 1 aromatic carbocycles. The van der Waals surface area contributed by atoms with Crippen LogP contribution in [0.4, 0.5) is 0 Å². The number of thiazole rings is 1. The average molecular weight is 488 g/mol. The van der Waals surface area contributed by atoms with Crippen LogP contribution in [0.2, 0.25) is 0 Å². The highest BCUT2D eigenvalue weighted by Crippen LogP contribution is 2.17. The molecule has 2 N–H and O–H groups in total. The van der Waals surface area contributed by atoms with Gasteiger partial charge in [-0.25, -0.2) is 4.98 Å². The maximum atomic E-state index is 5.38. The number of guanidine groups is 1. The van der Waals surface area contributed by atoms with Crippen molar-refractivity contribution in [3.8, 4) is 5.75 Å². The van der Waals surface area contributed by atoms with E-state index >= 15 is 0 Å². The number of ether oxygens (including phenoxy) is 1. The van der Waals surface area contributed by atoms with E-state index in [1.807, 2.05) is 25.1 Å². The van der Waals surface area contributed by atoms with Crippen LogP contribution in [0, 0.1) is 6.92 Å². The van der Waals surface area contributed by atoms with Crippen LogP contribution < -0.4 is 15.4 Å². The van der Waals surface area contributed by atoms with Crippen LogP contribution in [0.5, 0.6) is 5.75 Å². The standard InChI is InChI=1S/C19H28N4OS.HI/c1-15-14-25-18(23-15)10-6-7-12-21-19(20-2)22-13-11-16-8-4-5-9-17(16)24-3;/h4-5,8-9,14H,6-7,10-13H2,1-3H3,(H2,20,21,22);1H. The Morgan fingerprint density at radius 2 is 1.92 bits per heavy atom. The van der Waals surface area contributed by atoms with Crippen molar-refractivity contribution in [3.05, 3.63) is 45.9 Å². The predicted octanol–water partition coefficient (Wildman–Crippen LogP) is 3.81. The van der Waals surface area contributed by atoms with Crippen molar-refractivity contribution in [2.45, 2.75) is 32.6 Å². The van der Waals surface area contributed by atoms with Crippen LogP contribution in [0.15, 0.2) is 34.6 Å². The van der Waals surface area contributed by atoms with Gasteiger partial charge in [0.1, 0.15) is 5.75 Å². The highest BCUT2D eigenvalue weighted by atomic mass is 127. The second kappa shape index (κ2) is 12.9. The number of hydrogen-bond acceptors (Lipinski definition) is 4. The molecule has 2 rings (SSSR count). The Morgan fingerprint density at radius 3 is 2.62 bits per heavy atom. The lowest BCUT2D eigenvalue weighted by molar-refractivity contribution is 0.409. The zero-order valence-corrected chi connectivity index (χ0v) is 18.9. The van der Waals surface area contributed by atoms with Gasteiger partial charge in [0.25, 0.3) is 0 Å². The number of aryl methyl sites for hydroxylation is 2. The third kappa shape index (κ3) is 7.90. The van der Waals surface area contributed by atoms with E-state index in [2.05, 4.69) is 32.1 Å². The lowest BCUT2D eigenvalue weighted by Crippen LogP contribution is -2.38. The van der Waals surface area contributed by atoms with Gasteiger partial charge in [-0.15, -0.1) is 35.3 Å². The molecule has 1 aromatic heterocycles. The normalized spacial score (nSPS) is 11.0. The molecule has 0 radical (unpaired) electrons. The van der Waals surface area contributed by atoms with E-state index in [1.165, 1.54) is 10.6 Å². The minimum atomic E-state index is 0. The number of benzene rings is 1. The fraction of sp³-hybridized carbons (Fsp3) is 0.474. The number of methoxy groups -OCH3 is 1. The number of unbranched alkanes of at least 4 members (excludes halogenated alkanes) is 1. The fourth-order valence-corrected chi connectivity index (χ4v) is 3.39. The van der Waals surface area contributed by atoms with E-state index in [0.717, 1.165) is 56.2 Å². The Morgan fingerprint density at radius 1 is 1.15 bits per heavy atom. The highest BCUT2D eigenvalue weighted by Gasteiger charge is 2.03. The lowest BCUT2D eigenvalue weighted by atomic mass is 10.1. The van der Waals surface area contributed by atoms with Gasteiger partial charge in [-0.2, -0.15) is 0 Å². The molecule has 0 unspecified atom stereocenters. The third-order valence-corrected chi connectivity index (χ3v) is 4.91. The highest BCUT2D eigenvalue weighted by molar-refractivity contribution is 14.0. The monoisotopic (exact) mass is 488 g/mol. The molecule has 0 saturated heterocycles. The van der Waals surface area contributed by atoms with Gasteiger partial charge < -0.3 is 15.4 Å². The first kappa shape index (κ1) is 22.7. The van der Waals surface area contributed by atoms with Crippen LogP contribution in [0.1, 0.15) is 29.1 Å². The summed E-state index contributed by atoms with van der Waals surface area (Å²) in [5.41, 5.74) is 2.32. The number of aliphatic imine (C=N–C) groups is 1. The number of para-hydroxylation sites is 1. The summed E-state index contributed by atoms with van der Waals surface area (Å²) in [6.07, 6.45) is 4.19. The number of hydrogen-bond donors (Lipinski definition) is 2. The summed E-state index contributed by atoms with van der Waals surface area (Å²) in [6.45, 7) is 3.78. The molecule has 0 atom stereocenters. The molecular formula is C19H29IN4OS. The molecule has 1 heterocycles. The summed E-state index contributed by atoms with van der Waals surface area (Å²) >= 11 is 1.75. The molecule has 0 bridgehead atoms. The summed E-state index contributed by atoms with van der Waals surface area (Å²) in [5, 5.41) is 10.1. The predicted molar refractivity (Wildman–Crippen MR) is 121 cm³/mol. The van der Waals surface area contributed by atoms with E-state index in [4.69, 9.17) is 4.74 Å². The molecule has 0 fully saturated rings. The number of nitrogens with zero attached hydrogens (tertiary/aromatic N) is 2. The number of nitrogens with one attached hydrogen (secondary N) is 2. The van der Waals surface area contributed by atoms with Crippen molar-refractivity contribution < 1.29 is 4.74 Å². The smallest absolute Gasteiger partial charge is 0.190 e. The molecule has 5 nitrogen and oxygen atoms in total. The van der Waals surface area contributed by atoms with Crippen LogP contribution in [-0.4, -0.2) is 38.2 Å². The van der Waals surface area contributed by atoms with Gasteiger partial charge in [0.15, 0.2) is 5.96 Å². The van der Waals surface area contributed by atoms with Crippen molar-refractivity contribution in [2.75, 3.05) is 27.2 Å². The molecule has 0 aliphatic rings. The molecule has 144 valence electrons. The Bertz CT molecular complexity index is 675. The van der Waals surface area contributed by atoms with Crippen molar-refractivity contribution in [1.82, 2.24) is 15.6 Å². The van der Waals surface area contributed by atoms with Crippen LogP contribution in [-0.2, 0) is 12.8 Å². The van der Waals surface area contributed by atoms with Gasteiger partial charge in [-0.05, 0) is 44.2 Å². The van der Waals surface area contributed by atoms with E-state index in [1.54, 1.807) is 25.5 Å². The molecule has 0 spiro atoms. The Balaban J connectivity index is 0.00000338. The number of aromatic nitrogens is 1. The van der Waals surface area contributed by atoms with Crippen molar-refractivity contribution in [2.24, 2.45) is 4.99 Å². The Kier molecular flexibility index (Phi) is 11.3. The number of halogens is 1. The molecular weight excluding hydrogens is 459 g/mol. The second-order valence-corrected chi connectivity index (χ2v) is 6.77. The topological polar surface area (TPSA) is 58.5 Å². The minimum Gasteiger partial charge on any atom is -0.496 e. The first-order valence-corrected chi connectivity index (χ1v) is 9.58. The maximum Gasteiger partial charge on any atom is 0.190 e. The molecule has 0 aliphatic carbocycles. The van der Waals surface area contributed by atoms with E-state index in [0.29, 0.717) is 0 Å². The molecule has 26 heavy (non-hydrogen) atoms. The minimum absolute atomic E-state index is 0. The van der Waals surface area contributed by atoms with Gasteiger partial charge in [-0.1, -0.05) is 18.2 Å². The molecule has 0 saturated carbocycles. The molecule has 7 heteroatoms. The fourth-order valence-electron chi connectivity index (χ4n) is 2.57. The van der Waals surface area contributed by atoms with Crippen molar-refractivity contribution in [1.29, 1.82) is 0 Å². The van der Waals surface area contributed by atoms with Gasteiger partial charge in [0, 0.05) is 31.2 Å². The van der Waals surface area contributed by atoms with Crippen molar-refractivity contribution >= 4 is 41.3 Å². The molecule has 0 amide bonds. The SMILES string of the molecule is CN=C(NCCCCc1nc(C)cs1)NCCc1ccccc1OC.I. The first-order chi connectivity index (χ1) is 12.2. The summed E-state index contributed by atoms with van der Waals surface area (Å²) in [6, 6.07) is 8.11. The Hall–Kier alpha value is -1.35. The quantitative estimate of drug-likeness (QED) is 0.244. The summed E-state index contributed by atoms with van der Waals surface area (Å²) < 4.78 is 5.38. The Labute approximate surface area is 177 Å². The van der Waals surface area contributed by atoms with Gasteiger partial charge in [0.2, 0.25) is 0 Å². The van der Waals surface area contributed by atoms with E-state index in [-0.39, 0.29) is 24.0 Å². The molecule has 0 aliphatic heterocycles. The van der Waals surface area contributed by atoms with Crippen LogP contribution >= 0.6 is 35.3 Å². The van der Waals surface area contributed by atoms with E-state index < -0.39 is 0 Å². The zero-order valence-electron chi connectivity index (χ0n) is 15.7. The largest absolute Gasteiger partial charge is 0.496 e. The first-order valence-electron chi connectivity index (χ1n) is 8.70. The van der Waals surface area contributed by atoms with Crippen LogP contribution in [0.25, 0.3) is 0 Å². The van der Waals surface area contributed by atoms with Gasteiger partial charge in [0.05, 0.1) is 12.1 Å². The summed E-state index contributed by atoms with van der Waals surface area (Å²) in [4.78, 5) is 8.77. The van der Waals surface area contributed by atoms with Gasteiger partial charge >= 0.3 is 0 Å². The summed E-state index contributed by atoms with van der Waals surface area (Å²) in [5.74, 6) is 1.78. The number of rotatable bonds is 9. The average Bonchev–Trinajstić information content (AvgIpc) is 3.05. The van der Waals surface area contributed by atoms with Gasteiger partial charge in [-0.3, -0.25) is 4.99 Å². The second-order valence-electron chi connectivity index (χ2n) is 5.83. The summed E-state index contributed by atoms with van der Waals surface area (Å²) in [7, 11) is 3.51. The van der Waals surface area contributed by atoms with Crippen LogP contribution in [0.3, 0.4) is 0 Å². The third-order valence-electron chi connectivity index (χ3n) is 3.88. The molecule has 2 aromatic rings.